The number of nitrogens with zero attached hydrogens (tertiary/aromatic N) is 2. The minimum atomic E-state index is -0.669. The molecule has 3 rings (SSSR count). The van der Waals surface area contributed by atoms with Gasteiger partial charge < -0.3 is 13.7 Å². The summed E-state index contributed by atoms with van der Waals surface area (Å²) >= 11 is 6.11. The van der Waals surface area contributed by atoms with Crippen LogP contribution in [0.2, 0.25) is 5.02 Å². The highest BCUT2D eigenvalue weighted by molar-refractivity contribution is 6.33. The molecule has 23 heavy (non-hydrogen) atoms. The number of furan rings is 1. The Kier molecular flexibility index (Phi) is 4.16. The van der Waals surface area contributed by atoms with Gasteiger partial charge in [-0.25, -0.2) is 4.79 Å². The van der Waals surface area contributed by atoms with E-state index in [-0.39, 0.29) is 11.7 Å². The van der Waals surface area contributed by atoms with Crippen LogP contribution in [-0.2, 0) is 4.74 Å². The predicted molar refractivity (Wildman–Crippen MR) is 82.0 cm³/mol. The molecule has 7 heteroatoms. The van der Waals surface area contributed by atoms with Crippen molar-refractivity contribution in [2.45, 2.75) is 20.0 Å². The number of aromatic nitrogens is 2. The van der Waals surface area contributed by atoms with Crippen LogP contribution in [0, 0.1) is 6.92 Å². The van der Waals surface area contributed by atoms with Crippen molar-refractivity contribution >= 4 is 17.6 Å². The van der Waals surface area contributed by atoms with Gasteiger partial charge in [-0.15, -0.1) is 0 Å². The number of carbonyl (C=O) groups excluding carboxylic acids is 1. The molecule has 3 aromatic rings. The number of ether oxygens (including phenoxy) is 1. The molecule has 2 aromatic heterocycles. The topological polar surface area (TPSA) is 78.4 Å². The molecule has 0 aliphatic rings. The van der Waals surface area contributed by atoms with E-state index >= 15 is 0 Å². The molecule has 0 saturated carbocycles. The van der Waals surface area contributed by atoms with Gasteiger partial charge in [0.2, 0.25) is 5.76 Å². The van der Waals surface area contributed by atoms with Gasteiger partial charge in [0, 0.05) is 5.56 Å². The van der Waals surface area contributed by atoms with Crippen LogP contribution < -0.4 is 0 Å². The zero-order valence-electron chi connectivity index (χ0n) is 12.4. The van der Waals surface area contributed by atoms with Gasteiger partial charge >= 0.3 is 5.97 Å². The van der Waals surface area contributed by atoms with E-state index in [4.69, 9.17) is 25.3 Å². The number of rotatable bonds is 4. The fourth-order valence-corrected chi connectivity index (χ4v) is 2.23. The lowest BCUT2D eigenvalue weighted by Gasteiger charge is -2.07. The van der Waals surface area contributed by atoms with Gasteiger partial charge in [0.05, 0.1) is 5.02 Å². The predicted octanol–water partition coefficient (Wildman–Crippen LogP) is 4.21. The maximum absolute atomic E-state index is 12.1. The summed E-state index contributed by atoms with van der Waals surface area (Å²) in [5, 5.41) is 4.19. The summed E-state index contributed by atoms with van der Waals surface area (Å²) in [5.74, 6) is 0.647. The summed E-state index contributed by atoms with van der Waals surface area (Å²) < 4.78 is 15.7. The molecule has 1 atom stereocenters. The molecule has 6 nitrogen and oxygen atoms in total. The Bertz CT molecular complexity index is 840. The lowest BCUT2D eigenvalue weighted by atomic mass is 10.2. The normalized spacial score (nSPS) is 12.1. The van der Waals surface area contributed by atoms with Crippen molar-refractivity contribution in [1.82, 2.24) is 10.1 Å². The highest BCUT2D eigenvalue weighted by atomic mass is 35.5. The van der Waals surface area contributed by atoms with Crippen LogP contribution in [-0.4, -0.2) is 16.1 Å². The second kappa shape index (κ2) is 6.26. The molecule has 0 bridgehead atoms. The van der Waals surface area contributed by atoms with Crippen molar-refractivity contribution in [3.05, 3.63) is 58.9 Å². The first-order chi connectivity index (χ1) is 11.0. The van der Waals surface area contributed by atoms with Crippen molar-refractivity contribution < 1.29 is 18.5 Å². The Morgan fingerprint density at radius 1 is 1.26 bits per heavy atom. The molecular formula is C16H13ClN2O4. The summed E-state index contributed by atoms with van der Waals surface area (Å²) in [6.07, 6.45) is -0.669. The zero-order chi connectivity index (χ0) is 16.4. The van der Waals surface area contributed by atoms with Crippen molar-refractivity contribution in [2.75, 3.05) is 0 Å². The number of hydrogen-bond acceptors (Lipinski definition) is 6. The van der Waals surface area contributed by atoms with Crippen LogP contribution in [0.5, 0.6) is 0 Å². The van der Waals surface area contributed by atoms with Crippen LogP contribution >= 0.6 is 11.6 Å². The van der Waals surface area contributed by atoms with Crippen LogP contribution in [0.3, 0.4) is 0 Å². The van der Waals surface area contributed by atoms with Gasteiger partial charge in [0.25, 0.3) is 5.89 Å². The molecule has 0 aliphatic heterocycles. The highest BCUT2D eigenvalue weighted by Crippen LogP contribution is 2.29. The van der Waals surface area contributed by atoms with E-state index in [9.17, 15) is 4.79 Å². The Morgan fingerprint density at radius 2 is 2.04 bits per heavy atom. The molecule has 2 heterocycles. The maximum Gasteiger partial charge on any atom is 0.375 e. The lowest BCUT2D eigenvalue weighted by Crippen LogP contribution is -2.08. The maximum atomic E-state index is 12.1. The van der Waals surface area contributed by atoms with Crippen LogP contribution in [0.15, 0.2) is 45.3 Å². The summed E-state index contributed by atoms with van der Waals surface area (Å²) in [6.45, 7) is 3.33. The Labute approximate surface area is 137 Å². The summed E-state index contributed by atoms with van der Waals surface area (Å²) in [6, 6.07) is 10.4. The first-order valence-electron chi connectivity index (χ1n) is 6.90. The number of benzene rings is 1. The van der Waals surface area contributed by atoms with E-state index in [1.54, 1.807) is 32.0 Å². The molecule has 0 fully saturated rings. The van der Waals surface area contributed by atoms with Crippen molar-refractivity contribution in [3.63, 3.8) is 0 Å². The third kappa shape index (κ3) is 3.27. The third-order valence-corrected chi connectivity index (χ3v) is 3.45. The van der Waals surface area contributed by atoms with E-state index in [1.807, 2.05) is 12.1 Å². The van der Waals surface area contributed by atoms with Gasteiger partial charge in [0.1, 0.15) is 5.76 Å². The minimum absolute atomic E-state index is 0.0722. The third-order valence-electron chi connectivity index (χ3n) is 3.12. The number of esters is 1. The zero-order valence-corrected chi connectivity index (χ0v) is 13.2. The highest BCUT2D eigenvalue weighted by Gasteiger charge is 2.21. The van der Waals surface area contributed by atoms with E-state index in [2.05, 4.69) is 10.1 Å². The molecule has 118 valence electrons. The Balaban J connectivity index is 1.75. The van der Waals surface area contributed by atoms with E-state index in [1.165, 1.54) is 6.07 Å². The quantitative estimate of drug-likeness (QED) is 0.666. The number of hydrogen-bond donors (Lipinski definition) is 0. The molecule has 0 spiro atoms. The van der Waals surface area contributed by atoms with Gasteiger partial charge in [-0.1, -0.05) is 28.9 Å². The molecule has 1 unspecified atom stereocenters. The SMILES string of the molecule is Cc1noc(C(C)OC(=O)c2ccc(-c3ccccc3Cl)o2)n1. The average Bonchev–Trinajstić information content (AvgIpc) is 3.16. The van der Waals surface area contributed by atoms with Crippen LogP contribution in [0.4, 0.5) is 0 Å². The summed E-state index contributed by atoms with van der Waals surface area (Å²) in [4.78, 5) is 16.1. The second-order valence-corrected chi connectivity index (χ2v) is 5.28. The Morgan fingerprint density at radius 3 is 2.74 bits per heavy atom. The first kappa shape index (κ1) is 15.3. The largest absolute Gasteiger partial charge is 0.449 e. The number of halogens is 1. The van der Waals surface area contributed by atoms with Crippen molar-refractivity contribution in [3.8, 4) is 11.3 Å². The van der Waals surface area contributed by atoms with E-state index in [0.29, 0.717) is 22.2 Å². The van der Waals surface area contributed by atoms with E-state index in [0.717, 1.165) is 0 Å². The second-order valence-electron chi connectivity index (χ2n) is 4.87. The smallest absolute Gasteiger partial charge is 0.375 e. The van der Waals surface area contributed by atoms with Crippen molar-refractivity contribution in [2.24, 2.45) is 0 Å². The van der Waals surface area contributed by atoms with Gasteiger partial charge in [-0.05, 0) is 38.1 Å². The molecule has 1 aromatic carbocycles. The first-order valence-corrected chi connectivity index (χ1v) is 7.28. The van der Waals surface area contributed by atoms with Gasteiger partial charge in [0.15, 0.2) is 11.9 Å². The fourth-order valence-electron chi connectivity index (χ4n) is 2.00. The van der Waals surface area contributed by atoms with E-state index < -0.39 is 12.1 Å². The standard InChI is InChI=1S/C16H13ClN2O4/c1-9(15-18-10(2)19-23-15)21-16(20)14-8-7-13(22-14)11-5-3-4-6-12(11)17/h3-9H,1-2H3. The molecule has 0 aliphatic carbocycles. The minimum Gasteiger partial charge on any atom is -0.449 e. The monoisotopic (exact) mass is 332 g/mol. The van der Waals surface area contributed by atoms with Gasteiger partial charge in [-0.2, -0.15) is 4.98 Å². The lowest BCUT2D eigenvalue weighted by molar-refractivity contribution is 0.0231. The average molecular weight is 333 g/mol. The van der Waals surface area contributed by atoms with Crippen LogP contribution in [0.25, 0.3) is 11.3 Å². The molecule has 0 N–H and O–H groups in total. The molecule has 0 radical (unpaired) electrons. The number of aryl methyl sites for hydroxylation is 1. The molecule has 0 saturated heterocycles. The van der Waals surface area contributed by atoms with Gasteiger partial charge in [-0.3, -0.25) is 0 Å². The number of carbonyl (C=O) groups is 1. The van der Waals surface area contributed by atoms with Crippen LogP contribution in [0.1, 0.15) is 35.3 Å². The summed E-state index contributed by atoms with van der Waals surface area (Å²) in [5.41, 5.74) is 0.703. The molecular weight excluding hydrogens is 320 g/mol. The summed E-state index contributed by atoms with van der Waals surface area (Å²) in [7, 11) is 0. The molecule has 0 amide bonds. The van der Waals surface area contributed by atoms with Crippen molar-refractivity contribution in [1.29, 1.82) is 0 Å². The fraction of sp³-hybridized carbons (Fsp3) is 0.188. The Hall–Kier alpha value is -2.60.